The lowest BCUT2D eigenvalue weighted by molar-refractivity contribution is 0.247. The first-order valence-electron chi connectivity index (χ1n) is 14.5. The third-order valence-electron chi connectivity index (χ3n) is 7.94. The fraction of sp³-hybridized carbons (Fsp3) is 0.485. The van der Waals surface area contributed by atoms with Crippen LogP contribution in [0.2, 0.25) is 0 Å². The molecule has 5 nitrogen and oxygen atoms in total. The fourth-order valence-corrected chi connectivity index (χ4v) is 5.58. The summed E-state index contributed by atoms with van der Waals surface area (Å²) in [6.07, 6.45) is 18.8. The van der Waals surface area contributed by atoms with E-state index in [2.05, 4.69) is 41.1 Å². The smallest absolute Gasteiger partial charge is 0.227 e. The van der Waals surface area contributed by atoms with Gasteiger partial charge in [0.05, 0.1) is 13.2 Å². The lowest BCUT2D eigenvalue weighted by Crippen LogP contribution is -2.29. The zero-order valence-electron chi connectivity index (χ0n) is 22.8. The van der Waals surface area contributed by atoms with E-state index in [0.29, 0.717) is 12.5 Å². The molecule has 1 aliphatic heterocycles. The van der Waals surface area contributed by atoms with Gasteiger partial charge in [0.2, 0.25) is 5.89 Å². The second-order valence-electron chi connectivity index (χ2n) is 10.8. The SMILES string of the molecule is CC(CCCOc1ccc(-c2nc3ccc(OCCCN4CC=CCC4)cc3o2)cc1)C1CCC=CCC1. The average molecular weight is 515 g/mol. The maximum atomic E-state index is 6.08. The lowest BCUT2D eigenvalue weighted by atomic mass is 9.84. The fourth-order valence-electron chi connectivity index (χ4n) is 5.58. The predicted octanol–water partition coefficient (Wildman–Crippen LogP) is 8.07. The summed E-state index contributed by atoms with van der Waals surface area (Å²) < 4.78 is 18.1. The summed E-state index contributed by atoms with van der Waals surface area (Å²) in [6, 6.07) is 14.0. The van der Waals surface area contributed by atoms with E-state index >= 15 is 0 Å². The summed E-state index contributed by atoms with van der Waals surface area (Å²) in [5.74, 6) is 3.96. The number of hydrogen-bond donors (Lipinski definition) is 0. The van der Waals surface area contributed by atoms with Crippen molar-refractivity contribution in [3.05, 3.63) is 66.8 Å². The zero-order chi connectivity index (χ0) is 26.0. The summed E-state index contributed by atoms with van der Waals surface area (Å²) in [5.41, 5.74) is 2.53. The number of fused-ring (bicyclic) bond motifs is 1. The molecule has 0 N–H and O–H groups in total. The molecule has 5 heteroatoms. The average Bonchev–Trinajstić information content (AvgIpc) is 3.18. The minimum absolute atomic E-state index is 0.619. The van der Waals surface area contributed by atoms with Crippen LogP contribution in [-0.4, -0.2) is 42.7 Å². The van der Waals surface area contributed by atoms with Crippen LogP contribution < -0.4 is 9.47 Å². The molecule has 0 spiro atoms. The van der Waals surface area contributed by atoms with E-state index in [9.17, 15) is 0 Å². The van der Waals surface area contributed by atoms with Gasteiger partial charge in [0, 0.05) is 31.3 Å². The van der Waals surface area contributed by atoms with Crippen molar-refractivity contribution in [1.82, 2.24) is 9.88 Å². The Morgan fingerprint density at radius 1 is 0.895 bits per heavy atom. The van der Waals surface area contributed by atoms with Crippen molar-refractivity contribution >= 4 is 11.1 Å². The maximum absolute atomic E-state index is 6.08. The van der Waals surface area contributed by atoms with E-state index in [1.807, 2.05) is 42.5 Å². The van der Waals surface area contributed by atoms with Gasteiger partial charge in [0.25, 0.3) is 0 Å². The summed E-state index contributed by atoms with van der Waals surface area (Å²) in [6.45, 7) is 7.14. The summed E-state index contributed by atoms with van der Waals surface area (Å²) >= 11 is 0. The highest BCUT2D eigenvalue weighted by atomic mass is 16.5. The highest BCUT2D eigenvalue weighted by Gasteiger charge is 2.17. The zero-order valence-corrected chi connectivity index (χ0v) is 22.8. The molecule has 1 aliphatic carbocycles. The van der Waals surface area contributed by atoms with Gasteiger partial charge in [-0.3, -0.25) is 4.90 Å². The Morgan fingerprint density at radius 2 is 1.63 bits per heavy atom. The number of hydrogen-bond acceptors (Lipinski definition) is 5. The summed E-state index contributed by atoms with van der Waals surface area (Å²) in [4.78, 5) is 7.14. The summed E-state index contributed by atoms with van der Waals surface area (Å²) in [7, 11) is 0. The number of benzene rings is 2. The van der Waals surface area contributed by atoms with Crippen LogP contribution in [0.1, 0.15) is 58.3 Å². The first-order chi connectivity index (χ1) is 18.7. The van der Waals surface area contributed by atoms with Crippen molar-refractivity contribution in [2.24, 2.45) is 11.8 Å². The molecule has 2 heterocycles. The third kappa shape index (κ3) is 7.50. The Kier molecular flexibility index (Phi) is 9.54. The number of ether oxygens (including phenoxy) is 2. The quantitative estimate of drug-likeness (QED) is 0.181. The van der Waals surface area contributed by atoms with E-state index in [1.165, 1.54) is 32.1 Å². The Morgan fingerprint density at radius 3 is 2.42 bits per heavy atom. The second kappa shape index (κ2) is 13.7. The number of allylic oxidation sites excluding steroid dienone is 2. The molecular weight excluding hydrogens is 472 g/mol. The van der Waals surface area contributed by atoms with Gasteiger partial charge in [0.1, 0.15) is 17.0 Å². The van der Waals surface area contributed by atoms with Crippen molar-refractivity contribution in [1.29, 1.82) is 0 Å². The number of aromatic nitrogens is 1. The van der Waals surface area contributed by atoms with Crippen LogP contribution in [0.5, 0.6) is 11.5 Å². The van der Waals surface area contributed by atoms with Gasteiger partial charge in [-0.2, -0.15) is 0 Å². The molecule has 0 saturated carbocycles. The largest absolute Gasteiger partial charge is 0.494 e. The number of rotatable bonds is 12. The maximum Gasteiger partial charge on any atom is 0.227 e. The van der Waals surface area contributed by atoms with Crippen molar-refractivity contribution in [2.45, 2.75) is 58.3 Å². The standard InChI is InChI=1S/C33H42N2O3/c1-26(27-12-5-2-3-6-13-27)11-9-23-36-29-16-14-28(15-17-29)33-34-31-19-18-30(25-32(31)38-33)37-24-10-22-35-20-7-4-8-21-35/h2-4,7,14-19,25-27H,5-6,8-13,20-24H2,1H3. The minimum Gasteiger partial charge on any atom is -0.494 e. The van der Waals surface area contributed by atoms with Gasteiger partial charge in [0.15, 0.2) is 5.58 Å². The molecule has 1 atom stereocenters. The number of nitrogens with zero attached hydrogens (tertiary/aromatic N) is 2. The highest BCUT2D eigenvalue weighted by Crippen LogP contribution is 2.30. The first kappa shape index (κ1) is 26.6. The monoisotopic (exact) mass is 514 g/mol. The lowest BCUT2D eigenvalue weighted by Gasteiger charge is -2.22. The van der Waals surface area contributed by atoms with Gasteiger partial charge >= 0.3 is 0 Å². The van der Waals surface area contributed by atoms with Gasteiger partial charge < -0.3 is 13.9 Å². The Hall–Kier alpha value is -3.05. The summed E-state index contributed by atoms with van der Waals surface area (Å²) in [5, 5.41) is 0. The molecule has 0 amide bonds. The normalized spacial score (nSPS) is 17.5. The second-order valence-corrected chi connectivity index (χ2v) is 10.8. The van der Waals surface area contributed by atoms with Gasteiger partial charge in [-0.1, -0.05) is 31.2 Å². The van der Waals surface area contributed by atoms with Crippen LogP contribution in [0.15, 0.2) is 71.2 Å². The highest BCUT2D eigenvalue weighted by molar-refractivity contribution is 5.77. The van der Waals surface area contributed by atoms with Crippen LogP contribution in [-0.2, 0) is 0 Å². The molecule has 38 heavy (non-hydrogen) atoms. The van der Waals surface area contributed by atoms with Gasteiger partial charge in [-0.25, -0.2) is 4.98 Å². The number of oxazole rings is 1. The molecule has 202 valence electrons. The minimum atomic E-state index is 0.619. The van der Waals surface area contributed by atoms with Gasteiger partial charge in [-0.15, -0.1) is 0 Å². The van der Waals surface area contributed by atoms with E-state index in [-0.39, 0.29) is 0 Å². The van der Waals surface area contributed by atoms with Crippen LogP contribution in [0.3, 0.4) is 0 Å². The molecule has 1 unspecified atom stereocenters. The van der Waals surface area contributed by atoms with E-state index in [1.54, 1.807) is 0 Å². The van der Waals surface area contributed by atoms with Crippen molar-refractivity contribution in [3.8, 4) is 23.0 Å². The molecule has 0 radical (unpaired) electrons. The third-order valence-corrected chi connectivity index (χ3v) is 7.94. The Balaban J connectivity index is 1.07. The molecule has 0 saturated heterocycles. The van der Waals surface area contributed by atoms with Gasteiger partial charge in [-0.05, 0) is 99.6 Å². The Labute approximate surface area is 227 Å². The molecule has 0 fully saturated rings. The van der Waals surface area contributed by atoms with Crippen LogP contribution in [0, 0.1) is 11.8 Å². The topological polar surface area (TPSA) is 47.7 Å². The molecular formula is C33H42N2O3. The molecule has 2 aromatic carbocycles. The molecule has 0 bridgehead atoms. The predicted molar refractivity (Wildman–Crippen MR) is 155 cm³/mol. The molecule has 2 aliphatic rings. The van der Waals surface area contributed by atoms with Crippen LogP contribution in [0.4, 0.5) is 0 Å². The Bertz CT molecular complexity index is 1190. The van der Waals surface area contributed by atoms with Crippen LogP contribution in [0.25, 0.3) is 22.6 Å². The van der Waals surface area contributed by atoms with E-state index < -0.39 is 0 Å². The van der Waals surface area contributed by atoms with E-state index in [0.717, 1.165) is 85.5 Å². The molecule has 3 aromatic rings. The van der Waals surface area contributed by atoms with E-state index in [4.69, 9.17) is 13.9 Å². The molecule has 5 rings (SSSR count). The van der Waals surface area contributed by atoms with Crippen molar-refractivity contribution in [2.75, 3.05) is 32.8 Å². The van der Waals surface area contributed by atoms with Crippen molar-refractivity contribution in [3.63, 3.8) is 0 Å². The molecule has 1 aromatic heterocycles. The van der Waals surface area contributed by atoms with Crippen LogP contribution >= 0.6 is 0 Å². The first-order valence-corrected chi connectivity index (χ1v) is 14.5. The van der Waals surface area contributed by atoms with Crippen molar-refractivity contribution < 1.29 is 13.9 Å².